The number of rotatable bonds is 6. The molecule has 1 aromatic heterocycles. The zero-order valence-corrected chi connectivity index (χ0v) is 13.3. The fourth-order valence-corrected chi connectivity index (χ4v) is 3.43. The minimum atomic E-state index is -0.722. The molecule has 2 heterocycles. The van der Waals surface area contributed by atoms with E-state index >= 15 is 0 Å². The first-order chi connectivity index (χ1) is 10.5. The Morgan fingerprint density at radius 1 is 1.32 bits per heavy atom. The van der Waals surface area contributed by atoms with Crippen molar-refractivity contribution >= 4 is 34.0 Å². The number of thiophene rings is 1. The van der Waals surface area contributed by atoms with Crippen LogP contribution in [0.1, 0.15) is 35.9 Å². The van der Waals surface area contributed by atoms with E-state index in [1.807, 2.05) is 0 Å². The second-order valence-electron chi connectivity index (χ2n) is 5.47. The van der Waals surface area contributed by atoms with E-state index in [4.69, 9.17) is 5.11 Å². The van der Waals surface area contributed by atoms with Crippen molar-refractivity contribution in [1.29, 1.82) is 0 Å². The van der Waals surface area contributed by atoms with Crippen molar-refractivity contribution in [2.45, 2.75) is 26.2 Å². The van der Waals surface area contributed by atoms with Crippen LogP contribution in [0, 0.1) is 5.92 Å². The number of likely N-dealkylation sites (tertiary alicyclic amines) is 1. The molecule has 0 aliphatic carbocycles. The van der Waals surface area contributed by atoms with Crippen molar-refractivity contribution in [3.8, 4) is 0 Å². The largest absolute Gasteiger partial charge is 0.481 e. The first kappa shape index (κ1) is 16.6. The molecule has 1 aliphatic rings. The van der Waals surface area contributed by atoms with Crippen LogP contribution >= 0.6 is 11.3 Å². The third-order valence-corrected chi connectivity index (χ3v) is 4.81. The van der Waals surface area contributed by atoms with Crippen molar-refractivity contribution in [1.82, 2.24) is 4.90 Å². The standard InChI is InChI=1S/C15H20N2O4S/c1-10(18)16-14-3-2-13(22-14)12(19)6-9-17-7-4-11(5-8-17)15(20)21/h2-3,11H,4-9H2,1H3,(H,16,18)(H,20,21). The number of nitrogens with zero attached hydrogens (tertiary/aromatic N) is 1. The van der Waals surface area contributed by atoms with Crippen molar-refractivity contribution < 1.29 is 19.5 Å². The van der Waals surface area contributed by atoms with Crippen molar-refractivity contribution in [3.63, 3.8) is 0 Å². The van der Waals surface area contributed by atoms with Gasteiger partial charge in [-0.1, -0.05) is 0 Å². The zero-order valence-electron chi connectivity index (χ0n) is 12.5. The number of carboxylic acid groups (broad SMARTS) is 1. The van der Waals surface area contributed by atoms with Gasteiger partial charge in [-0.25, -0.2) is 0 Å². The summed E-state index contributed by atoms with van der Waals surface area (Å²) in [6, 6.07) is 3.46. The molecule has 0 bridgehead atoms. The zero-order chi connectivity index (χ0) is 16.1. The summed E-state index contributed by atoms with van der Waals surface area (Å²) in [5, 5.41) is 12.3. The van der Waals surface area contributed by atoms with Gasteiger partial charge in [0.05, 0.1) is 15.8 Å². The molecular weight excluding hydrogens is 304 g/mol. The number of carbonyl (C=O) groups excluding carboxylic acids is 2. The molecule has 1 aliphatic heterocycles. The van der Waals surface area contributed by atoms with Crippen molar-refractivity contribution in [2.75, 3.05) is 25.0 Å². The summed E-state index contributed by atoms with van der Waals surface area (Å²) in [7, 11) is 0. The molecule has 1 saturated heterocycles. The van der Waals surface area contributed by atoms with Crippen LogP contribution in [0.25, 0.3) is 0 Å². The van der Waals surface area contributed by atoms with E-state index < -0.39 is 5.97 Å². The highest BCUT2D eigenvalue weighted by atomic mass is 32.1. The van der Waals surface area contributed by atoms with Crippen LogP contribution in [0.4, 0.5) is 5.00 Å². The van der Waals surface area contributed by atoms with E-state index in [0.717, 1.165) is 13.1 Å². The first-order valence-corrected chi connectivity index (χ1v) is 8.13. The molecule has 0 saturated carbocycles. The van der Waals surface area contributed by atoms with E-state index in [1.54, 1.807) is 12.1 Å². The maximum absolute atomic E-state index is 12.1. The number of carboxylic acids is 1. The Labute approximate surface area is 133 Å². The number of piperidine rings is 1. The Balaban J connectivity index is 1.77. The lowest BCUT2D eigenvalue weighted by Crippen LogP contribution is -2.37. The van der Waals surface area contributed by atoms with Gasteiger partial charge in [0.1, 0.15) is 0 Å². The van der Waals surface area contributed by atoms with Gasteiger partial charge in [0.25, 0.3) is 0 Å². The fourth-order valence-electron chi connectivity index (χ4n) is 2.51. The number of Topliss-reactive ketones (excluding diaryl/α,β-unsaturated/α-hetero) is 1. The van der Waals surface area contributed by atoms with Crippen LogP contribution < -0.4 is 5.32 Å². The molecule has 120 valence electrons. The maximum Gasteiger partial charge on any atom is 0.306 e. The van der Waals surface area contributed by atoms with Gasteiger partial charge in [-0.3, -0.25) is 14.4 Å². The SMILES string of the molecule is CC(=O)Nc1ccc(C(=O)CCN2CCC(C(=O)O)CC2)s1. The van der Waals surface area contributed by atoms with Crippen LogP contribution in [0.15, 0.2) is 12.1 Å². The molecule has 0 aromatic carbocycles. The lowest BCUT2D eigenvalue weighted by molar-refractivity contribution is -0.143. The van der Waals surface area contributed by atoms with Crippen LogP contribution in [0.3, 0.4) is 0 Å². The van der Waals surface area contributed by atoms with Gasteiger partial charge < -0.3 is 15.3 Å². The van der Waals surface area contributed by atoms with Gasteiger partial charge in [0, 0.05) is 19.9 Å². The highest BCUT2D eigenvalue weighted by molar-refractivity contribution is 7.18. The molecule has 0 atom stereocenters. The third kappa shape index (κ3) is 4.64. The Bertz CT molecular complexity index is 562. The van der Waals surface area contributed by atoms with E-state index in [-0.39, 0.29) is 17.6 Å². The maximum atomic E-state index is 12.1. The fraction of sp³-hybridized carbons (Fsp3) is 0.533. The van der Waals surface area contributed by atoms with E-state index in [0.29, 0.717) is 35.7 Å². The highest BCUT2D eigenvalue weighted by Gasteiger charge is 2.24. The van der Waals surface area contributed by atoms with Gasteiger partial charge in [0.2, 0.25) is 5.91 Å². The molecule has 0 radical (unpaired) electrons. The van der Waals surface area contributed by atoms with E-state index in [9.17, 15) is 14.4 Å². The highest BCUT2D eigenvalue weighted by Crippen LogP contribution is 2.23. The topological polar surface area (TPSA) is 86.7 Å². The molecule has 1 aromatic rings. The molecule has 2 rings (SSSR count). The van der Waals surface area contributed by atoms with E-state index in [1.165, 1.54) is 18.3 Å². The quantitative estimate of drug-likeness (QED) is 0.782. The predicted octanol–water partition coefficient (Wildman–Crippen LogP) is 2.08. The lowest BCUT2D eigenvalue weighted by Gasteiger charge is -2.29. The summed E-state index contributed by atoms with van der Waals surface area (Å²) >= 11 is 1.28. The van der Waals surface area contributed by atoms with Crippen LogP contribution in [-0.2, 0) is 9.59 Å². The molecule has 1 amide bonds. The van der Waals surface area contributed by atoms with E-state index in [2.05, 4.69) is 10.2 Å². The molecule has 0 spiro atoms. The molecule has 22 heavy (non-hydrogen) atoms. The van der Waals surface area contributed by atoms with Gasteiger partial charge >= 0.3 is 5.97 Å². The predicted molar refractivity (Wildman–Crippen MR) is 84.4 cm³/mol. The average Bonchev–Trinajstić information content (AvgIpc) is 2.93. The Morgan fingerprint density at radius 2 is 2.00 bits per heavy atom. The number of hydrogen-bond acceptors (Lipinski definition) is 5. The summed E-state index contributed by atoms with van der Waals surface area (Å²) in [5.74, 6) is -1.06. The monoisotopic (exact) mass is 324 g/mol. The van der Waals surface area contributed by atoms with Crippen molar-refractivity contribution in [3.05, 3.63) is 17.0 Å². The molecule has 0 unspecified atom stereocenters. The van der Waals surface area contributed by atoms with Gasteiger partial charge in [-0.05, 0) is 38.1 Å². The molecule has 6 nitrogen and oxygen atoms in total. The third-order valence-electron chi connectivity index (χ3n) is 3.77. The second-order valence-corrected chi connectivity index (χ2v) is 6.56. The van der Waals surface area contributed by atoms with Crippen LogP contribution in [0.2, 0.25) is 0 Å². The first-order valence-electron chi connectivity index (χ1n) is 7.31. The summed E-state index contributed by atoms with van der Waals surface area (Å²) < 4.78 is 0. The summed E-state index contributed by atoms with van der Waals surface area (Å²) in [4.78, 5) is 36.8. The minimum Gasteiger partial charge on any atom is -0.481 e. The number of aliphatic carboxylic acids is 1. The lowest BCUT2D eigenvalue weighted by atomic mass is 9.97. The van der Waals surface area contributed by atoms with Gasteiger partial charge in [-0.2, -0.15) is 0 Å². The Kier molecular flexibility index (Phi) is 5.68. The average molecular weight is 324 g/mol. The van der Waals surface area contributed by atoms with Gasteiger partial charge in [0.15, 0.2) is 5.78 Å². The Morgan fingerprint density at radius 3 is 2.59 bits per heavy atom. The molecule has 2 N–H and O–H groups in total. The smallest absolute Gasteiger partial charge is 0.306 e. The van der Waals surface area contributed by atoms with Gasteiger partial charge in [-0.15, -0.1) is 11.3 Å². The molecule has 7 heteroatoms. The molecule has 1 fully saturated rings. The number of hydrogen-bond donors (Lipinski definition) is 2. The summed E-state index contributed by atoms with van der Waals surface area (Å²) in [6.45, 7) is 3.54. The second kappa shape index (κ2) is 7.51. The number of carbonyl (C=O) groups is 3. The van der Waals surface area contributed by atoms with Crippen molar-refractivity contribution in [2.24, 2.45) is 5.92 Å². The number of ketones is 1. The summed E-state index contributed by atoms with van der Waals surface area (Å²) in [6.07, 6.45) is 1.71. The number of amides is 1. The van der Waals surface area contributed by atoms with Crippen LogP contribution in [-0.4, -0.2) is 47.3 Å². The Hall–Kier alpha value is -1.73. The number of anilines is 1. The number of nitrogens with one attached hydrogen (secondary N) is 1. The summed E-state index contributed by atoms with van der Waals surface area (Å²) in [5.41, 5.74) is 0. The minimum absolute atomic E-state index is 0.0574. The normalized spacial score (nSPS) is 16.4. The van der Waals surface area contributed by atoms with Crippen LogP contribution in [0.5, 0.6) is 0 Å². The molecular formula is C15H20N2O4S.